The average molecular weight is 476 g/mol. The van der Waals surface area contributed by atoms with E-state index in [1.54, 1.807) is 42.5 Å². The van der Waals surface area contributed by atoms with Crippen LogP contribution in [0.5, 0.6) is 0 Å². The number of thiazole rings is 1. The number of amides is 2. The molecule has 0 aliphatic carbocycles. The molecule has 5 rings (SSSR count). The van der Waals surface area contributed by atoms with Gasteiger partial charge in [-0.1, -0.05) is 30.3 Å². The van der Waals surface area contributed by atoms with E-state index in [0.29, 0.717) is 35.5 Å². The van der Waals surface area contributed by atoms with Crippen molar-refractivity contribution in [1.82, 2.24) is 25.4 Å². The second-order valence-corrected chi connectivity index (χ2v) is 9.69. The van der Waals surface area contributed by atoms with Gasteiger partial charge in [0.05, 0.1) is 32.7 Å². The Labute approximate surface area is 200 Å². The van der Waals surface area contributed by atoms with Gasteiger partial charge in [0.2, 0.25) is 11.8 Å². The van der Waals surface area contributed by atoms with Crippen LogP contribution >= 0.6 is 11.3 Å². The van der Waals surface area contributed by atoms with Crippen molar-refractivity contribution >= 4 is 44.1 Å². The molecule has 3 heterocycles. The monoisotopic (exact) mass is 475 g/mol. The highest BCUT2D eigenvalue weighted by molar-refractivity contribution is 7.18. The normalized spacial score (nSPS) is 15.5. The number of H-pyrrole nitrogens is 1. The first-order chi connectivity index (χ1) is 16.5. The van der Waals surface area contributed by atoms with Crippen LogP contribution in [0.1, 0.15) is 36.4 Å². The molecule has 4 aromatic rings. The molecule has 1 aliphatic heterocycles. The van der Waals surface area contributed by atoms with Gasteiger partial charge in [0, 0.05) is 24.4 Å². The van der Waals surface area contributed by atoms with Crippen LogP contribution in [0.25, 0.3) is 21.0 Å². The molecule has 1 unspecified atom stereocenters. The van der Waals surface area contributed by atoms with Gasteiger partial charge in [0.1, 0.15) is 6.04 Å². The van der Waals surface area contributed by atoms with Gasteiger partial charge in [0.15, 0.2) is 0 Å². The number of piperidine rings is 1. The number of carbonyl (C=O) groups excluding carboxylic acids is 2. The molecule has 34 heavy (non-hydrogen) atoms. The number of fused-ring (bicyclic) bond motifs is 2. The molecule has 174 valence electrons. The van der Waals surface area contributed by atoms with E-state index >= 15 is 0 Å². The van der Waals surface area contributed by atoms with E-state index in [1.165, 1.54) is 4.70 Å². The first-order valence-corrected chi connectivity index (χ1v) is 12.2. The minimum atomic E-state index is -0.638. The van der Waals surface area contributed by atoms with Crippen LogP contribution in [0.3, 0.4) is 0 Å². The van der Waals surface area contributed by atoms with Gasteiger partial charge in [-0.15, -0.1) is 11.3 Å². The maximum atomic E-state index is 13.0. The Kier molecular flexibility index (Phi) is 6.10. The summed E-state index contributed by atoms with van der Waals surface area (Å²) in [6.07, 6.45) is 1.70. The fourth-order valence-electron chi connectivity index (χ4n) is 4.50. The lowest BCUT2D eigenvalue weighted by molar-refractivity contribution is -0.136. The summed E-state index contributed by atoms with van der Waals surface area (Å²) in [7, 11) is 0. The number of carbonyl (C=O) groups is 2. The molecule has 2 aromatic heterocycles. The highest BCUT2D eigenvalue weighted by atomic mass is 32.1. The maximum absolute atomic E-state index is 13.0. The predicted octanol–water partition coefficient (Wildman–Crippen LogP) is 2.99. The third-order valence-electron chi connectivity index (χ3n) is 6.32. The first kappa shape index (κ1) is 22.2. The van der Waals surface area contributed by atoms with Crippen molar-refractivity contribution in [2.45, 2.75) is 38.1 Å². The van der Waals surface area contributed by atoms with Gasteiger partial charge in [-0.05, 0) is 38.0 Å². The van der Waals surface area contributed by atoms with Crippen molar-refractivity contribution in [1.29, 1.82) is 0 Å². The molecule has 0 bridgehead atoms. The Morgan fingerprint density at radius 1 is 1.12 bits per heavy atom. The van der Waals surface area contributed by atoms with Crippen LogP contribution in [0.15, 0.2) is 53.3 Å². The smallest absolute Gasteiger partial charge is 0.272 e. The standard InChI is InChI=1S/C25H25N5O3S/c1-15(26-22(31)14-20-17-6-2-3-7-18(17)23(32)29-28-20)25(33)30-12-10-16(11-13-30)24-27-19-8-4-5-9-21(19)34-24/h2-9,15-16H,10-14H2,1H3,(H,26,31)(H,29,32). The van der Waals surface area contributed by atoms with Crippen LogP contribution < -0.4 is 10.9 Å². The molecule has 1 aliphatic rings. The predicted molar refractivity (Wildman–Crippen MR) is 132 cm³/mol. The number of nitrogens with one attached hydrogen (secondary N) is 2. The van der Waals surface area contributed by atoms with Crippen molar-refractivity contribution in [3.8, 4) is 0 Å². The fourth-order valence-corrected chi connectivity index (χ4v) is 5.63. The zero-order valence-corrected chi connectivity index (χ0v) is 19.6. The van der Waals surface area contributed by atoms with E-state index in [1.807, 2.05) is 23.1 Å². The highest BCUT2D eigenvalue weighted by Crippen LogP contribution is 2.33. The Bertz CT molecular complexity index is 1390. The minimum absolute atomic E-state index is 0.0193. The molecule has 2 N–H and O–H groups in total. The molecule has 1 fully saturated rings. The fraction of sp³-hybridized carbons (Fsp3) is 0.320. The molecule has 8 nitrogen and oxygen atoms in total. The summed E-state index contributed by atoms with van der Waals surface area (Å²) in [5.41, 5.74) is 1.21. The molecule has 0 saturated carbocycles. The van der Waals surface area contributed by atoms with Gasteiger partial charge in [-0.25, -0.2) is 10.1 Å². The third kappa shape index (κ3) is 4.43. The Morgan fingerprint density at radius 2 is 1.82 bits per heavy atom. The molecule has 1 saturated heterocycles. The highest BCUT2D eigenvalue weighted by Gasteiger charge is 2.29. The SMILES string of the molecule is CC(NC(=O)Cc1n[nH]c(=O)c2ccccc12)C(=O)N1CCC(c2nc3ccccc3s2)CC1. The van der Waals surface area contributed by atoms with Gasteiger partial charge in [0.25, 0.3) is 5.56 Å². The zero-order valence-electron chi connectivity index (χ0n) is 18.8. The van der Waals surface area contributed by atoms with E-state index in [-0.39, 0.29) is 23.8 Å². The van der Waals surface area contributed by atoms with Crippen molar-refractivity contribution in [3.63, 3.8) is 0 Å². The molecular formula is C25H25N5O3S. The molecule has 0 radical (unpaired) electrons. The van der Waals surface area contributed by atoms with Crippen LogP contribution in [0, 0.1) is 0 Å². The second kappa shape index (κ2) is 9.34. The largest absolute Gasteiger partial charge is 0.344 e. The van der Waals surface area contributed by atoms with E-state index in [4.69, 9.17) is 4.98 Å². The number of rotatable bonds is 5. The van der Waals surface area contributed by atoms with Gasteiger partial charge < -0.3 is 10.2 Å². The Hall–Kier alpha value is -3.59. The van der Waals surface area contributed by atoms with Crippen molar-refractivity contribution in [2.24, 2.45) is 0 Å². The van der Waals surface area contributed by atoms with Crippen molar-refractivity contribution in [3.05, 3.63) is 69.6 Å². The van der Waals surface area contributed by atoms with Gasteiger partial charge in [-0.2, -0.15) is 5.10 Å². The van der Waals surface area contributed by atoms with Gasteiger partial charge >= 0.3 is 0 Å². The van der Waals surface area contributed by atoms with E-state index in [9.17, 15) is 14.4 Å². The summed E-state index contributed by atoms with van der Waals surface area (Å²) in [4.78, 5) is 44.1. The lowest BCUT2D eigenvalue weighted by Gasteiger charge is -2.33. The van der Waals surface area contributed by atoms with E-state index in [2.05, 4.69) is 21.6 Å². The Balaban J connectivity index is 1.18. The van der Waals surface area contributed by atoms with Crippen LogP contribution in [-0.2, 0) is 16.0 Å². The van der Waals surface area contributed by atoms with Crippen LogP contribution in [0.2, 0.25) is 0 Å². The Morgan fingerprint density at radius 3 is 2.59 bits per heavy atom. The van der Waals surface area contributed by atoms with E-state index < -0.39 is 6.04 Å². The summed E-state index contributed by atoms with van der Waals surface area (Å²) in [6.45, 7) is 3.00. The minimum Gasteiger partial charge on any atom is -0.344 e. The quantitative estimate of drug-likeness (QED) is 0.461. The maximum Gasteiger partial charge on any atom is 0.272 e. The number of benzene rings is 2. The molecule has 2 amide bonds. The number of aromatic nitrogens is 3. The van der Waals surface area contributed by atoms with Crippen molar-refractivity contribution in [2.75, 3.05) is 13.1 Å². The molecule has 1 atom stereocenters. The summed E-state index contributed by atoms with van der Waals surface area (Å²) < 4.78 is 1.19. The van der Waals surface area contributed by atoms with Crippen LogP contribution in [0.4, 0.5) is 0 Å². The summed E-state index contributed by atoms with van der Waals surface area (Å²) in [5.74, 6) is -0.0451. The molecule has 2 aromatic carbocycles. The number of hydrogen-bond donors (Lipinski definition) is 2. The number of para-hydroxylation sites is 1. The summed E-state index contributed by atoms with van der Waals surface area (Å²) >= 11 is 1.73. The number of nitrogens with zero attached hydrogens (tertiary/aromatic N) is 3. The number of hydrogen-bond acceptors (Lipinski definition) is 6. The third-order valence-corrected chi connectivity index (χ3v) is 7.52. The first-order valence-electron chi connectivity index (χ1n) is 11.4. The number of aromatic amines is 1. The van der Waals surface area contributed by atoms with E-state index in [0.717, 1.165) is 23.4 Å². The second-order valence-electron chi connectivity index (χ2n) is 8.63. The molecular weight excluding hydrogens is 450 g/mol. The molecule has 9 heteroatoms. The lowest BCUT2D eigenvalue weighted by Crippen LogP contribution is -2.49. The average Bonchev–Trinajstić information content (AvgIpc) is 3.30. The summed E-state index contributed by atoms with van der Waals surface area (Å²) in [6, 6.07) is 14.5. The van der Waals surface area contributed by atoms with Crippen LogP contribution in [-0.4, -0.2) is 51.0 Å². The molecule has 0 spiro atoms. The van der Waals surface area contributed by atoms with Gasteiger partial charge in [-0.3, -0.25) is 14.4 Å². The summed E-state index contributed by atoms with van der Waals surface area (Å²) in [5, 5.41) is 11.5. The number of likely N-dealkylation sites (tertiary alicyclic amines) is 1. The topological polar surface area (TPSA) is 108 Å². The lowest BCUT2D eigenvalue weighted by atomic mass is 9.97. The zero-order chi connectivity index (χ0) is 23.7. The van der Waals surface area contributed by atoms with Crippen molar-refractivity contribution < 1.29 is 9.59 Å².